The highest BCUT2D eigenvalue weighted by molar-refractivity contribution is 6.01. The number of rotatable bonds is 5. The molecular formula is C19H20N2O4. The van der Waals surface area contributed by atoms with Gasteiger partial charge < -0.3 is 20.1 Å². The minimum absolute atomic E-state index is 0.141. The number of fused-ring (bicyclic) bond motifs is 1. The van der Waals surface area contributed by atoms with Gasteiger partial charge in [-0.1, -0.05) is 18.2 Å². The van der Waals surface area contributed by atoms with Crippen LogP contribution in [0.15, 0.2) is 42.5 Å². The maximum Gasteiger partial charge on any atom is 0.228 e. The Morgan fingerprint density at radius 3 is 2.76 bits per heavy atom. The predicted molar refractivity (Wildman–Crippen MR) is 93.8 cm³/mol. The van der Waals surface area contributed by atoms with Crippen molar-refractivity contribution in [3.63, 3.8) is 0 Å². The Kier molecular flexibility index (Phi) is 4.88. The molecule has 2 aromatic carbocycles. The quantitative estimate of drug-likeness (QED) is 0.876. The van der Waals surface area contributed by atoms with E-state index >= 15 is 0 Å². The number of hydrogen-bond donors (Lipinski definition) is 2. The van der Waals surface area contributed by atoms with Crippen molar-refractivity contribution in [1.82, 2.24) is 5.32 Å². The lowest BCUT2D eigenvalue weighted by Gasteiger charge is -2.24. The third-order valence-corrected chi connectivity index (χ3v) is 4.26. The van der Waals surface area contributed by atoms with E-state index in [4.69, 9.17) is 9.47 Å². The summed E-state index contributed by atoms with van der Waals surface area (Å²) in [4.78, 5) is 24.5. The van der Waals surface area contributed by atoms with Crippen LogP contribution in [0.4, 0.5) is 5.69 Å². The Balaban J connectivity index is 1.74. The smallest absolute Gasteiger partial charge is 0.228 e. The zero-order valence-corrected chi connectivity index (χ0v) is 14.2. The Bertz CT molecular complexity index is 804. The summed E-state index contributed by atoms with van der Waals surface area (Å²) in [5.41, 5.74) is 2.37. The molecule has 0 saturated heterocycles. The van der Waals surface area contributed by atoms with Gasteiger partial charge in [-0.05, 0) is 23.8 Å². The fourth-order valence-electron chi connectivity index (χ4n) is 2.95. The first-order valence-electron chi connectivity index (χ1n) is 7.99. The molecule has 0 spiro atoms. The second-order valence-corrected chi connectivity index (χ2v) is 5.79. The normalized spacial score (nSPS) is 15.8. The van der Waals surface area contributed by atoms with Crippen LogP contribution in [0.25, 0.3) is 0 Å². The standard InChI is InChI=1S/C19H20N2O4/c1-24-13-8-7-12(17(9-13)25-2)11-20-19(23)15-10-18(22)21-16-6-4-3-5-14(15)16/h3-9,15H,10-11H2,1-2H3,(H,20,23)(H,21,22)/t15-/m0/s1. The monoisotopic (exact) mass is 340 g/mol. The Morgan fingerprint density at radius 1 is 1.20 bits per heavy atom. The van der Waals surface area contributed by atoms with Crippen molar-refractivity contribution in [2.45, 2.75) is 18.9 Å². The van der Waals surface area contributed by atoms with Crippen LogP contribution >= 0.6 is 0 Å². The van der Waals surface area contributed by atoms with E-state index in [2.05, 4.69) is 10.6 Å². The van der Waals surface area contributed by atoms with Crippen molar-refractivity contribution in [1.29, 1.82) is 0 Å². The molecule has 1 aliphatic heterocycles. The summed E-state index contributed by atoms with van der Waals surface area (Å²) in [6.45, 7) is 0.312. The minimum atomic E-state index is -0.491. The fourth-order valence-corrected chi connectivity index (χ4v) is 2.95. The molecular weight excluding hydrogens is 320 g/mol. The number of anilines is 1. The van der Waals surface area contributed by atoms with Crippen molar-refractivity contribution in [2.75, 3.05) is 19.5 Å². The topological polar surface area (TPSA) is 76.7 Å². The number of para-hydroxylation sites is 1. The third-order valence-electron chi connectivity index (χ3n) is 4.26. The Labute approximate surface area is 146 Å². The molecule has 1 atom stereocenters. The van der Waals surface area contributed by atoms with Crippen molar-refractivity contribution in [3.8, 4) is 11.5 Å². The van der Waals surface area contributed by atoms with Gasteiger partial charge in [0.25, 0.3) is 0 Å². The first kappa shape index (κ1) is 16.8. The van der Waals surface area contributed by atoms with Crippen LogP contribution in [0.3, 0.4) is 0 Å². The third kappa shape index (κ3) is 3.57. The molecule has 1 heterocycles. The summed E-state index contributed by atoms with van der Waals surface area (Å²) in [6, 6.07) is 12.8. The first-order chi connectivity index (χ1) is 12.1. The number of benzene rings is 2. The average molecular weight is 340 g/mol. The second-order valence-electron chi connectivity index (χ2n) is 5.79. The van der Waals surface area contributed by atoms with Gasteiger partial charge in [0.1, 0.15) is 11.5 Å². The summed E-state index contributed by atoms with van der Waals surface area (Å²) >= 11 is 0. The van der Waals surface area contributed by atoms with Crippen molar-refractivity contribution < 1.29 is 19.1 Å². The van der Waals surface area contributed by atoms with Crippen molar-refractivity contribution >= 4 is 17.5 Å². The molecule has 0 saturated carbocycles. The summed E-state index contributed by atoms with van der Waals surface area (Å²) in [7, 11) is 3.16. The van der Waals surface area contributed by atoms with Crippen molar-refractivity contribution in [3.05, 3.63) is 53.6 Å². The number of amides is 2. The SMILES string of the molecule is COc1ccc(CNC(=O)[C@H]2CC(=O)Nc3ccccc32)c(OC)c1. The van der Waals surface area contributed by atoms with E-state index in [1.165, 1.54) is 0 Å². The lowest BCUT2D eigenvalue weighted by Crippen LogP contribution is -2.34. The van der Waals surface area contributed by atoms with Gasteiger partial charge in [-0.3, -0.25) is 9.59 Å². The van der Waals surface area contributed by atoms with Gasteiger partial charge in [0, 0.05) is 30.3 Å². The van der Waals surface area contributed by atoms with Gasteiger partial charge in [0.15, 0.2) is 0 Å². The molecule has 0 bridgehead atoms. The number of hydrogen-bond acceptors (Lipinski definition) is 4. The zero-order chi connectivity index (χ0) is 17.8. The molecule has 25 heavy (non-hydrogen) atoms. The van der Waals surface area contributed by atoms with Crippen LogP contribution in [0.2, 0.25) is 0 Å². The molecule has 0 radical (unpaired) electrons. The average Bonchev–Trinajstić information content (AvgIpc) is 2.65. The molecule has 130 valence electrons. The van der Waals surface area contributed by atoms with E-state index in [0.29, 0.717) is 23.7 Å². The number of ether oxygens (including phenoxy) is 2. The number of carbonyl (C=O) groups is 2. The maximum atomic E-state index is 12.6. The molecule has 2 amide bonds. The number of methoxy groups -OCH3 is 2. The van der Waals surface area contributed by atoms with Crippen molar-refractivity contribution in [2.24, 2.45) is 0 Å². The molecule has 6 heteroatoms. The maximum absolute atomic E-state index is 12.6. The lowest BCUT2D eigenvalue weighted by atomic mass is 9.90. The largest absolute Gasteiger partial charge is 0.497 e. The van der Waals surface area contributed by atoms with E-state index in [0.717, 1.165) is 11.1 Å². The van der Waals surface area contributed by atoms with Gasteiger partial charge in [0.05, 0.1) is 20.1 Å². The summed E-state index contributed by atoms with van der Waals surface area (Å²) < 4.78 is 10.5. The first-order valence-corrected chi connectivity index (χ1v) is 7.99. The highest BCUT2D eigenvalue weighted by atomic mass is 16.5. The highest BCUT2D eigenvalue weighted by Gasteiger charge is 2.30. The lowest BCUT2D eigenvalue weighted by molar-refractivity contribution is -0.126. The molecule has 0 fully saturated rings. The molecule has 1 aliphatic rings. The van der Waals surface area contributed by atoms with E-state index in [1.807, 2.05) is 30.3 Å². The summed E-state index contributed by atoms with van der Waals surface area (Å²) in [5, 5.41) is 5.70. The van der Waals surface area contributed by atoms with E-state index < -0.39 is 5.92 Å². The molecule has 6 nitrogen and oxygen atoms in total. The highest BCUT2D eigenvalue weighted by Crippen LogP contribution is 2.32. The van der Waals surface area contributed by atoms with Crippen LogP contribution < -0.4 is 20.1 Å². The summed E-state index contributed by atoms with van der Waals surface area (Å²) in [5.74, 6) is 0.501. The van der Waals surface area contributed by atoms with Crippen LogP contribution in [0.1, 0.15) is 23.5 Å². The number of nitrogens with one attached hydrogen (secondary N) is 2. The molecule has 0 unspecified atom stereocenters. The zero-order valence-electron chi connectivity index (χ0n) is 14.2. The number of carbonyl (C=O) groups excluding carboxylic acids is 2. The molecule has 2 N–H and O–H groups in total. The van der Waals surface area contributed by atoms with Crippen LogP contribution in [0, 0.1) is 0 Å². The van der Waals surface area contributed by atoms with Gasteiger partial charge in [-0.2, -0.15) is 0 Å². The minimum Gasteiger partial charge on any atom is -0.497 e. The van der Waals surface area contributed by atoms with Crippen LogP contribution in [-0.4, -0.2) is 26.0 Å². The van der Waals surface area contributed by atoms with Crippen LogP contribution in [0.5, 0.6) is 11.5 Å². The molecule has 0 aliphatic carbocycles. The predicted octanol–water partition coefficient (Wildman–Crippen LogP) is 2.45. The van der Waals surface area contributed by atoms with E-state index in [1.54, 1.807) is 26.4 Å². The van der Waals surface area contributed by atoms with Gasteiger partial charge >= 0.3 is 0 Å². The molecule has 2 aromatic rings. The molecule has 0 aromatic heterocycles. The van der Waals surface area contributed by atoms with E-state index in [9.17, 15) is 9.59 Å². The van der Waals surface area contributed by atoms with E-state index in [-0.39, 0.29) is 18.2 Å². The second kappa shape index (κ2) is 7.25. The summed E-state index contributed by atoms with van der Waals surface area (Å²) in [6.07, 6.45) is 0.141. The van der Waals surface area contributed by atoms with Gasteiger partial charge in [-0.25, -0.2) is 0 Å². The van der Waals surface area contributed by atoms with Crippen LogP contribution in [-0.2, 0) is 16.1 Å². The molecule has 3 rings (SSSR count). The fraction of sp³-hybridized carbons (Fsp3) is 0.263. The van der Waals surface area contributed by atoms with Gasteiger partial charge in [-0.15, -0.1) is 0 Å². The van der Waals surface area contributed by atoms with Gasteiger partial charge in [0.2, 0.25) is 11.8 Å². The Morgan fingerprint density at radius 2 is 2.00 bits per heavy atom. The Hall–Kier alpha value is -3.02.